The fourth-order valence-electron chi connectivity index (χ4n) is 1.95. The minimum atomic E-state index is -3.80. The topological polar surface area (TPSA) is 101 Å². The van der Waals surface area contributed by atoms with Crippen LogP contribution in [0.4, 0.5) is 0 Å². The van der Waals surface area contributed by atoms with Gasteiger partial charge in [0, 0.05) is 5.75 Å². The zero-order valence-corrected chi connectivity index (χ0v) is 13.1. The third-order valence-corrected chi connectivity index (χ3v) is 6.32. The molecule has 1 aliphatic rings. The summed E-state index contributed by atoms with van der Waals surface area (Å²) in [6, 6.07) is -1.06. The molecule has 0 aromatic carbocycles. The Morgan fingerprint density at radius 2 is 2.05 bits per heavy atom. The van der Waals surface area contributed by atoms with Gasteiger partial charge in [0.2, 0.25) is 10.0 Å². The summed E-state index contributed by atoms with van der Waals surface area (Å²) in [5.74, 6) is -1.95. The molecular formula is C11H19NO6S2. The lowest BCUT2D eigenvalue weighted by Gasteiger charge is -2.25. The molecule has 2 atom stereocenters. The summed E-state index contributed by atoms with van der Waals surface area (Å²) in [6.45, 7) is 3.63. The number of carboxylic acid groups (broad SMARTS) is 1. The number of hydrogen-bond acceptors (Lipinski definition) is 6. The van der Waals surface area contributed by atoms with E-state index in [0.717, 1.165) is 4.31 Å². The van der Waals surface area contributed by atoms with Crippen molar-refractivity contribution in [1.29, 1.82) is 0 Å². The molecule has 0 bridgehead atoms. The van der Waals surface area contributed by atoms with Gasteiger partial charge in [-0.25, -0.2) is 8.42 Å². The third-order valence-electron chi connectivity index (χ3n) is 2.86. The Kier molecular flexibility index (Phi) is 6.28. The van der Waals surface area contributed by atoms with Crippen LogP contribution in [0.2, 0.25) is 0 Å². The Balaban J connectivity index is 2.81. The lowest BCUT2D eigenvalue weighted by Crippen LogP contribution is -2.46. The monoisotopic (exact) mass is 325 g/mol. The zero-order valence-electron chi connectivity index (χ0n) is 11.4. The number of carbonyl (C=O) groups is 2. The molecule has 1 fully saturated rings. The van der Waals surface area contributed by atoms with Crippen molar-refractivity contribution in [2.24, 2.45) is 0 Å². The maximum Gasteiger partial charge on any atom is 0.322 e. The molecule has 2 unspecified atom stereocenters. The summed E-state index contributed by atoms with van der Waals surface area (Å²) < 4.78 is 30.2. The van der Waals surface area contributed by atoms with Gasteiger partial charge in [0.25, 0.3) is 0 Å². The smallest absolute Gasteiger partial charge is 0.322 e. The molecule has 1 N–H and O–H groups in total. The van der Waals surface area contributed by atoms with Gasteiger partial charge in [0.05, 0.1) is 24.2 Å². The van der Waals surface area contributed by atoms with Gasteiger partial charge in [-0.3, -0.25) is 9.59 Å². The third kappa shape index (κ3) is 4.10. The fraction of sp³-hybridized carbons (Fsp3) is 0.818. The molecule has 9 heteroatoms. The zero-order chi connectivity index (χ0) is 15.3. The number of carbonyl (C=O) groups excluding carboxylic acids is 1. The van der Waals surface area contributed by atoms with E-state index in [4.69, 9.17) is 5.11 Å². The molecule has 116 valence electrons. The molecule has 20 heavy (non-hydrogen) atoms. The number of hydrogen-bond donors (Lipinski definition) is 1. The molecule has 1 heterocycles. The highest BCUT2D eigenvalue weighted by Gasteiger charge is 2.44. The van der Waals surface area contributed by atoms with Gasteiger partial charge < -0.3 is 9.84 Å². The summed E-state index contributed by atoms with van der Waals surface area (Å²) in [4.78, 5) is 22.4. The molecule has 0 aromatic heterocycles. The van der Waals surface area contributed by atoms with E-state index in [1.54, 1.807) is 13.8 Å². The van der Waals surface area contributed by atoms with E-state index in [1.807, 2.05) is 0 Å². The number of ether oxygens (including phenoxy) is 1. The maximum atomic E-state index is 12.3. The van der Waals surface area contributed by atoms with Crippen LogP contribution < -0.4 is 0 Å². The van der Waals surface area contributed by atoms with Crippen LogP contribution in [0.25, 0.3) is 0 Å². The van der Waals surface area contributed by atoms with Crippen LogP contribution in [-0.2, 0) is 24.3 Å². The molecule has 1 saturated heterocycles. The standard InChI is InChI=1S/C11H19NO6S2/c1-3-9-12(8(7-19-9)11(14)15)20(16,17)6-5-10(13)18-4-2/h8-9H,3-7H2,1-2H3,(H,14,15). The van der Waals surface area contributed by atoms with E-state index in [0.29, 0.717) is 6.42 Å². The number of rotatable bonds is 7. The Morgan fingerprint density at radius 3 is 2.55 bits per heavy atom. The van der Waals surface area contributed by atoms with Gasteiger partial charge in [-0.15, -0.1) is 11.8 Å². The van der Waals surface area contributed by atoms with Crippen molar-refractivity contribution in [3.05, 3.63) is 0 Å². The number of esters is 1. The first-order valence-electron chi connectivity index (χ1n) is 6.34. The van der Waals surface area contributed by atoms with Crippen molar-refractivity contribution in [1.82, 2.24) is 4.31 Å². The quantitative estimate of drug-likeness (QED) is 0.680. The molecule has 0 amide bonds. The van der Waals surface area contributed by atoms with Crippen LogP contribution in [0.1, 0.15) is 26.7 Å². The Labute approximate surface area is 122 Å². The molecule has 1 rings (SSSR count). The number of aliphatic carboxylic acids is 1. The van der Waals surface area contributed by atoms with Gasteiger partial charge in [-0.2, -0.15) is 4.31 Å². The number of sulfonamides is 1. The van der Waals surface area contributed by atoms with Crippen molar-refractivity contribution < 1.29 is 27.9 Å². The summed E-state index contributed by atoms with van der Waals surface area (Å²) in [7, 11) is -3.80. The van der Waals surface area contributed by atoms with Crippen LogP contribution in [0.15, 0.2) is 0 Å². The van der Waals surface area contributed by atoms with E-state index in [2.05, 4.69) is 4.74 Å². The minimum Gasteiger partial charge on any atom is -0.480 e. The first-order valence-corrected chi connectivity index (χ1v) is 9.00. The van der Waals surface area contributed by atoms with Crippen LogP contribution >= 0.6 is 11.8 Å². The first-order chi connectivity index (χ1) is 9.33. The first kappa shape index (κ1) is 17.3. The van der Waals surface area contributed by atoms with Crippen molar-refractivity contribution in [3.63, 3.8) is 0 Å². The lowest BCUT2D eigenvalue weighted by atomic mass is 10.3. The van der Waals surface area contributed by atoms with Gasteiger partial charge in [0.1, 0.15) is 6.04 Å². The summed E-state index contributed by atoms with van der Waals surface area (Å²) in [5, 5.41) is 8.73. The molecule has 0 spiro atoms. The molecule has 0 radical (unpaired) electrons. The van der Waals surface area contributed by atoms with E-state index in [1.165, 1.54) is 11.8 Å². The van der Waals surface area contributed by atoms with E-state index < -0.39 is 33.8 Å². The average Bonchev–Trinajstić information content (AvgIpc) is 2.81. The molecule has 0 saturated carbocycles. The normalized spacial score (nSPS) is 23.7. The van der Waals surface area contributed by atoms with Crippen molar-refractivity contribution in [3.8, 4) is 0 Å². The van der Waals surface area contributed by atoms with Gasteiger partial charge >= 0.3 is 11.9 Å². The highest BCUT2D eigenvalue weighted by Crippen LogP contribution is 2.34. The molecule has 0 aromatic rings. The van der Waals surface area contributed by atoms with Crippen molar-refractivity contribution in [2.75, 3.05) is 18.1 Å². The predicted molar refractivity (Wildman–Crippen MR) is 74.8 cm³/mol. The van der Waals surface area contributed by atoms with Crippen LogP contribution in [0.3, 0.4) is 0 Å². The highest BCUT2D eigenvalue weighted by molar-refractivity contribution is 8.01. The Bertz CT molecular complexity index is 464. The second-order valence-electron chi connectivity index (χ2n) is 4.25. The predicted octanol–water partition coefficient (Wildman–Crippen LogP) is 0.507. The fourth-order valence-corrected chi connectivity index (χ4v) is 5.55. The van der Waals surface area contributed by atoms with Gasteiger partial charge in [-0.05, 0) is 13.3 Å². The summed E-state index contributed by atoms with van der Waals surface area (Å²) in [6.07, 6.45) is 0.257. The molecular weight excluding hydrogens is 306 g/mol. The van der Waals surface area contributed by atoms with Crippen LogP contribution in [0.5, 0.6) is 0 Å². The summed E-state index contributed by atoms with van der Waals surface area (Å²) in [5.41, 5.74) is 0. The second kappa shape index (κ2) is 7.28. The average molecular weight is 325 g/mol. The number of thioether (sulfide) groups is 1. The van der Waals surface area contributed by atoms with Gasteiger partial charge in [-0.1, -0.05) is 6.92 Å². The van der Waals surface area contributed by atoms with E-state index in [-0.39, 0.29) is 24.2 Å². The highest BCUT2D eigenvalue weighted by atomic mass is 32.2. The second-order valence-corrected chi connectivity index (χ2v) is 7.46. The molecule has 0 aliphatic carbocycles. The van der Waals surface area contributed by atoms with Crippen molar-refractivity contribution in [2.45, 2.75) is 38.1 Å². The number of nitrogens with zero attached hydrogens (tertiary/aromatic N) is 1. The minimum absolute atomic E-state index is 0.188. The maximum absolute atomic E-state index is 12.3. The summed E-state index contributed by atoms with van der Waals surface area (Å²) >= 11 is 1.31. The number of carboxylic acids is 1. The molecule has 7 nitrogen and oxygen atoms in total. The van der Waals surface area contributed by atoms with Crippen molar-refractivity contribution >= 4 is 33.7 Å². The van der Waals surface area contributed by atoms with E-state index in [9.17, 15) is 18.0 Å². The molecule has 1 aliphatic heterocycles. The Morgan fingerprint density at radius 1 is 1.40 bits per heavy atom. The van der Waals surface area contributed by atoms with E-state index >= 15 is 0 Å². The van der Waals surface area contributed by atoms with Crippen LogP contribution in [0, 0.1) is 0 Å². The lowest BCUT2D eigenvalue weighted by molar-refractivity contribution is -0.142. The van der Waals surface area contributed by atoms with Crippen LogP contribution in [-0.4, -0.2) is 59.3 Å². The SMILES string of the molecule is CCOC(=O)CCS(=O)(=O)N1C(CC)SCC1C(=O)O. The largest absolute Gasteiger partial charge is 0.480 e. The van der Waals surface area contributed by atoms with Gasteiger partial charge in [0.15, 0.2) is 0 Å². The Hall–Kier alpha value is -0.800.